The largest absolute Gasteiger partial charge is 0.383 e. The first-order valence-electron chi connectivity index (χ1n) is 10.6. The Morgan fingerprint density at radius 3 is 2.65 bits per heavy atom. The predicted molar refractivity (Wildman–Crippen MR) is 128 cm³/mol. The van der Waals surface area contributed by atoms with E-state index in [0.29, 0.717) is 28.8 Å². The molecule has 0 unspecified atom stereocenters. The first-order chi connectivity index (χ1) is 15.2. The number of rotatable bonds is 9. The van der Waals surface area contributed by atoms with Crippen molar-refractivity contribution in [2.75, 3.05) is 12.3 Å². The third kappa shape index (κ3) is 4.59. The Balaban J connectivity index is 1.69. The van der Waals surface area contributed by atoms with Gasteiger partial charge in [-0.1, -0.05) is 50.8 Å². The van der Waals surface area contributed by atoms with Gasteiger partial charge in [-0.25, -0.2) is 9.97 Å². The molecular formula is C23H26N6OS. The number of carbonyl (C=O) groups is 1. The lowest BCUT2D eigenvalue weighted by Gasteiger charge is -2.05. The van der Waals surface area contributed by atoms with Gasteiger partial charge in [0.15, 0.2) is 5.65 Å². The number of anilines is 1. The molecular weight excluding hydrogens is 408 g/mol. The third-order valence-electron chi connectivity index (χ3n) is 5.11. The molecule has 160 valence electrons. The molecule has 0 aliphatic carbocycles. The number of nitrogens with zero attached hydrogens (tertiary/aromatic N) is 4. The molecule has 8 heteroatoms. The van der Waals surface area contributed by atoms with Crippen molar-refractivity contribution in [1.29, 1.82) is 0 Å². The van der Waals surface area contributed by atoms with Gasteiger partial charge in [-0.05, 0) is 30.0 Å². The number of carbonyl (C=O) groups excluding carboxylic acids is 1. The lowest BCUT2D eigenvalue weighted by molar-refractivity contribution is 0.0955. The van der Waals surface area contributed by atoms with Crippen molar-refractivity contribution in [3.05, 3.63) is 52.2 Å². The van der Waals surface area contributed by atoms with Crippen molar-refractivity contribution in [2.24, 2.45) is 5.10 Å². The number of thiophene rings is 1. The molecule has 0 aliphatic rings. The van der Waals surface area contributed by atoms with E-state index in [1.54, 1.807) is 17.6 Å². The first-order valence-corrected chi connectivity index (χ1v) is 11.5. The van der Waals surface area contributed by atoms with Gasteiger partial charge in [0.05, 0.1) is 17.2 Å². The van der Waals surface area contributed by atoms with Crippen LogP contribution in [0.5, 0.6) is 0 Å². The van der Waals surface area contributed by atoms with Crippen LogP contribution >= 0.6 is 11.3 Å². The monoisotopic (exact) mass is 434 g/mol. The van der Waals surface area contributed by atoms with Gasteiger partial charge in [-0.2, -0.15) is 9.78 Å². The van der Waals surface area contributed by atoms with Crippen LogP contribution in [0.25, 0.3) is 22.2 Å². The minimum Gasteiger partial charge on any atom is -0.383 e. The van der Waals surface area contributed by atoms with Gasteiger partial charge in [0.2, 0.25) is 0 Å². The Bertz CT molecular complexity index is 1210. The van der Waals surface area contributed by atoms with Gasteiger partial charge in [-0.3, -0.25) is 4.79 Å². The summed E-state index contributed by atoms with van der Waals surface area (Å²) in [7, 11) is 0. The molecule has 7 nitrogen and oxygen atoms in total. The van der Waals surface area contributed by atoms with Crippen LogP contribution in [-0.4, -0.2) is 33.3 Å². The van der Waals surface area contributed by atoms with Crippen LogP contribution in [0.3, 0.4) is 0 Å². The number of hydrogen-bond donors (Lipinski definition) is 2. The Kier molecular flexibility index (Phi) is 6.57. The molecule has 4 aromatic rings. The van der Waals surface area contributed by atoms with Crippen LogP contribution in [-0.2, 0) is 0 Å². The van der Waals surface area contributed by atoms with Crippen molar-refractivity contribution in [1.82, 2.24) is 20.0 Å². The van der Waals surface area contributed by atoms with Gasteiger partial charge >= 0.3 is 0 Å². The highest BCUT2D eigenvalue weighted by atomic mass is 32.1. The molecule has 3 aromatic heterocycles. The van der Waals surface area contributed by atoms with Crippen LogP contribution in [0, 0.1) is 0 Å². The fourth-order valence-corrected chi connectivity index (χ4v) is 4.07. The van der Waals surface area contributed by atoms with E-state index in [-0.39, 0.29) is 11.7 Å². The molecule has 1 amide bonds. The zero-order valence-corrected chi connectivity index (χ0v) is 18.4. The fourth-order valence-electron chi connectivity index (χ4n) is 3.49. The van der Waals surface area contributed by atoms with Crippen molar-refractivity contribution in [3.63, 3.8) is 0 Å². The predicted octanol–water partition coefficient (Wildman–Crippen LogP) is 4.81. The summed E-state index contributed by atoms with van der Waals surface area (Å²) in [5.41, 5.74) is 9.09. The molecule has 0 radical (unpaired) electrons. The zero-order valence-electron chi connectivity index (χ0n) is 17.5. The standard InChI is InChI=1S/C23H26N6OS/c1-2-3-4-5-8-13-25-23(30)19-20-22(28-18-12-7-6-11-17(18)27-20)29(21(19)24)26-15-16-10-9-14-31-16/h6-7,9-12,14-15H,2-5,8,13,24H2,1H3,(H,25,30)/b26-15-. The van der Waals surface area contributed by atoms with Gasteiger partial charge in [0.25, 0.3) is 5.91 Å². The number of aromatic nitrogens is 3. The number of nitrogens with two attached hydrogens (primary N) is 1. The molecule has 0 fully saturated rings. The lowest BCUT2D eigenvalue weighted by atomic mass is 10.1. The van der Waals surface area contributed by atoms with Crippen molar-refractivity contribution < 1.29 is 4.79 Å². The van der Waals surface area contributed by atoms with Gasteiger partial charge in [-0.15, -0.1) is 11.3 Å². The summed E-state index contributed by atoms with van der Waals surface area (Å²) in [6.07, 6.45) is 7.35. The van der Waals surface area contributed by atoms with E-state index in [0.717, 1.165) is 23.2 Å². The molecule has 0 saturated heterocycles. The average molecular weight is 435 g/mol. The van der Waals surface area contributed by atoms with E-state index in [1.807, 2.05) is 41.8 Å². The molecule has 31 heavy (non-hydrogen) atoms. The second-order valence-electron chi connectivity index (χ2n) is 7.39. The Morgan fingerprint density at radius 1 is 1.13 bits per heavy atom. The number of fused-ring (bicyclic) bond motifs is 2. The first kappa shape index (κ1) is 21.0. The second kappa shape index (κ2) is 9.70. The molecule has 0 saturated carbocycles. The SMILES string of the molecule is CCCCCCCNC(=O)c1c(N)n(/N=C\c2cccs2)c2nc3ccccc3nc12. The maximum atomic E-state index is 13.0. The molecule has 0 bridgehead atoms. The van der Waals surface area contributed by atoms with Gasteiger partial charge in [0, 0.05) is 11.4 Å². The summed E-state index contributed by atoms with van der Waals surface area (Å²) in [4.78, 5) is 23.4. The summed E-state index contributed by atoms with van der Waals surface area (Å²) in [5, 5.41) is 9.48. The molecule has 3 heterocycles. The topological polar surface area (TPSA) is 98.2 Å². The quantitative estimate of drug-likeness (QED) is 0.292. The number of nitrogen functional groups attached to an aromatic ring is 1. The Hall–Kier alpha value is -3.26. The molecule has 1 aromatic carbocycles. The van der Waals surface area contributed by atoms with E-state index in [4.69, 9.17) is 15.7 Å². The van der Waals surface area contributed by atoms with Crippen LogP contribution < -0.4 is 11.1 Å². The van der Waals surface area contributed by atoms with E-state index >= 15 is 0 Å². The average Bonchev–Trinajstić information content (AvgIpc) is 3.38. The molecule has 4 rings (SSSR count). The summed E-state index contributed by atoms with van der Waals surface area (Å²) in [6, 6.07) is 11.5. The fraction of sp³-hybridized carbons (Fsp3) is 0.304. The lowest BCUT2D eigenvalue weighted by Crippen LogP contribution is -2.25. The number of para-hydroxylation sites is 2. The van der Waals surface area contributed by atoms with Crippen molar-refractivity contribution in [2.45, 2.75) is 39.0 Å². The minimum absolute atomic E-state index is 0.238. The smallest absolute Gasteiger partial charge is 0.257 e. The van der Waals surface area contributed by atoms with Gasteiger partial charge in [0.1, 0.15) is 16.9 Å². The zero-order chi connectivity index (χ0) is 21.6. The van der Waals surface area contributed by atoms with Gasteiger partial charge < -0.3 is 11.1 Å². The summed E-state index contributed by atoms with van der Waals surface area (Å²) in [5.74, 6) is -0.00533. The Morgan fingerprint density at radius 2 is 1.90 bits per heavy atom. The van der Waals surface area contributed by atoms with Crippen LogP contribution in [0.4, 0.5) is 5.82 Å². The summed E-state index contributed by atoms with van der Waals surface area (Å²) < 4.78 is 1.50. The maximum absolute atomic E-state index is 13.0. The number of amides is 1. The minimum atomic E-state index is -0.243. The van der Waals surface area contributed by atoms with Crippen LogP contribution in [0.2, 0.25) is 0 Å². The van der Waals surface area contributed by atoms with E-state index < -0.39 is 0 Å². The van der Waals surface area contributed by atoms with Crippen LogP contribution in [0.1, 0.15) is 54.3 Å². The highest BCUT2D eigenvalue weighted by Crippen LogP contribution is 2.28. The number of unbranched alkanes of at least 4 members (excludes halogenated alkanes) is 4. The second-order valence-corrected chi connectivity index (χ2v) is 8.37. The summed E-state index contributed by atoms with van der Waals surface area (Å²) in [6.45, 7) is 2.79. The third-order valence-corrected chi connectivity index (χ3v) is 5.92. The number of hydrogen-bond acceptors (Lipinski definition) is 6. The van der Waals surface area contributed by atoms with E-state index in [1.165, 1.54) is 23.9 Å². The Labute approximate surface area is 185 Å². The normalized spacial score (nSPS) is 11.6. The van der Waals surface area contributed by atoms with Crippen molar-refractivity contribution in [3.8, 4) is 0 Å². The van der Waals surface area contributed by atoms with Crippen molar-refractivity contribution >= 4 is 51.5 Å². The van der Waals surface area contributed by atoms with E-state index in [2.05, 4.69) is 17.3 Å². The molecule has 0 aliphatic heterocycles. The van der Waals surface area contributed by atoms with Crippen LogP contribution in [0.15, 0.2) is 46.9 Å². The number of benzene rings is 1. The summed E-state index contributed by atoms with van der Waals surface area (Å²) >= 11 is 1.57. The molecule has 0 atom stereocenters. The molecule has 3 N–H and O–H groups in total. The maximum Gasteiger partial charge on any atom is 0.257 e. The number of nitrogens with one attached hydrogen (secondary N) is 1. The van der Waals surface area contributed by atoms with E-state index in [9.17, 15) is 4.79 Å². The highest BCUT2D eigenvalue weighted by molar-refractivity contribution is 7.11. The highest BCUT2D eigenvalue weighted by Gasteiger charge is 2.23. The molecule has 0 spiro atoms.